The summed E-state index contributed by atoms with van der Waals surface area (Å²) in [5, 5.41) is 3.43. The summed E-state index contributed by atoms with van der Waals surface area (Å²) < 4.78 is 2.11. The lowest BCUT2D eigenvalue weighted by Gasteiger charge is -2.10. The molecule has 0 radical (unpaired) electrons. The van der Waals surface area contributed by atoms with Gasteiger partial charge in [-0.1, -0.05) is 24.3 Å². The van der Waals surface area contributed by atoms with Gasteiger partial charge in [0.1, 0.15) is 0 Å². The van der Waals surface area contributed by atoms with Crippen molar-refractivity contribution in [1.82, 2.24) is 9.55 Å². The van der Waals surface area contributed by atoms with Crippen LogP contribution in [0.2, 0.25) is 0 Å². The Morgan fingerprint density at radius 3 is 2.46 bits per heavy atom. The summed E-state index contributed by atoms with van der Waals surface area (Å²) >= 11 is 1.76. The minimum absolute atomic E-state index is 0.770. The van der Waals surface area contributed by atoms with Crippen LogP contribution in [0.15, 0.2) is 53.6 Å². The van der Waals surface area contributed by atoms with Crippen LogP contribution in [-0.2, 0) is 13.6 Å². The predicted octanol–water partition coefficient (Wildman–Crippen LogP) is 5.04. The minimum Gasteiger partial charge on any atom is -0.352 e. The highest BCUT2D eigenvalue weighted by atomic mass is 32.2. The third kappa shape index (κ3) is 3.49. The smallest absolute Gasteiger partial charge is 0.203 e. The number of hydrogen-bond donors (Lipinski definition) is 1. The Balaban J connectivity index is 1.75. The Kier molecular flexibility index (Phi) is 4.95. The first-order valence-corrected chi connectivity index (χ1v) is 9.27. The summed E-state index contributed by atoms with van der Waals surface area (Å²) in [6.45, 7) is 5.05. The van der Waals surface area contributed by atoms with E-state index in [-0.39, 0.29) is 0 Å². The van der Waals surface area contributed by atoms with Crippen LogP contribution in [0.4, 0.5) is 5.95 Å². The lowest BCUT2D eigenvalue weighted by molar-refractivity contribution is 0.906. The van der Waals surface area contributed by atoms with E-state index in [9.17, 15) is 0 Å². The Hall–Kier alpha value is -2.20. The Morgan fingerprint density at radius 1 is 1.04 bits per heavy atom. The van der Waals surface area contributed by atoms with Gasteiger partial charge in [0.15, 0.2) is 0 Å². The number of rotatable bonds is 5. The molecule has 3 aromatic rings. The first-order valence-electron chi connectivity index (χ1n) is 8.04. The molecule has 0 saturated heterocycles. The van der Waals surface area contributed by atoms with Gasteiger partial charge in [-0.2, -0.15) is 0 Å². The number of nitrogens with one attached hydrogen (secondary N) is 1. The van der Waals surface area contributed by atoms with Crippen LogP contribution < -0.4 is 5.32 Å². The van der Waals surface area contributed by atoms with Gasteiger partial charge in [-0.15, -0.1) is 11.8 Å². The molecule has 2 aromatic carbocycles. The number of thioether (sulfide) groups is 1. The van der Waals surface area contributed by atoms with Gasteiger partial charge in [0.25, 0.3) is 0 Å². The highest BCUT2D eigenvalue weighted by Crippen LogP contribution is 2.24. The zero-order chi connectivity index (χ0) is 17.1. The van der Waals surface area contributed by atoms with Crippen LogP contribution in [-0.4, -0.2) is 15.8 Å². The summed E-state index contributed by atoms with van der Waals surface area (Å²) in [5.74, 6) is 0.886. The molecule has 0 bridgehead atoms. The molecule has 0 fully saturated rings. The molecule has 0 aliphatic carbocycles. The van der Waals surface area contributed by atoms with Gasteiger partial charge in [-0.3, -0.25) is 0 Å². The zero-order valence-electron chi connectivity index (χ0n) is 14.6. The van der Waals surface area contributed by atoms with Gasteiger partial charge in [0.2, 0.25) is 5.95 Å². The molecular formula is C20H23N3S. The average Bonchev–Trinajstić information content (AvgIpc) is 2.97. The molecule has 0 atom stereocenters. The third-order valence-corrected chi connectivity index (χ3v) is 5.14. The molecule has 124 valence electrons. The van der Waals surface area contributed by atoms with Gasteiger partial charge in [-0.05, 0) is 55.0 Å². The van der Waals surface area contributed by atoms with E-state index < -0.39 is 0 Å². The van der Waals surface area contributed by atoms with Crippen molar-refractivity contribution in [1.29, 1.82) is 0 Å². The van der Waals surface area contributed by atoms with Crippen LogP contribution in [0, 0.1) is 13.8 Å². The lowest BCUT2D eigenvalue weighted by Crippen LogP contribution is -2.05. The quantitative estimate of drug-likeness (QED) is 0.662. The molecule has 1 aromatic heterocycles. The monoisotopic (exact) mass is 337 g/mol. The Morgan fingerprint density at radius 2 is 1.79 bits per heavy atom. The second-order valence-corrected chi connectivity index (χ2v) is 6.91. The number of nitrogens with zero attached hydrogens (tertiary/aromatic N) is 2. The van der Waals surface area contributed by atoms with Gasteiger partial charge in [0.05, 0.1) is 11.9 Å². The van der Waals surface area contributed by atoms with E-state index in [1.807, 2.05) is 6.20 Å². The molecule has 0 amide bonds. The summed E-state index contributed by atoms with van der Waals surface area (Å²) in [4.78, 5) is 5.83. The molecule has 4 heteroatoms. The van der Waals surface area contributed by atoms with Gasteiger partial charge in [0, 0.05) is 24.1 Å². The van der Waals surface area contributed by atoms with Crippen molar-refractivity contribution >= 4 is 17.7 Å². The summed E-state index contributed by atoms with van der Waals surface area (Å²) in [6.07, 6.45) is 4.03. The Bertz CT molecular complexity index is 835. The highest BCUT2D eigenvalue weighted by molar-refractivity contribution is 7.98. The zero-order valence-corrected chi connectivity index (χ0v) is 15.4. The van der Waals surface area contributed by atoms with E-state index in [4.69, 9.17) is 0 Å². The number of aromatic nitrogens is 2. The summed E-state index contributed by atoms with van der Waals surface area (Å²) in [5.41, 5.74) is 6.19. The van der Waals surface area contributed by atoms with Gasteiger partial charge < -0.3 is 9.88 Å². The van der Waals surface area contributed by atoms with Crippen LogP contribution in [0.5, 0.6) is 0 Å². The molecule has 0 unspecified atom stereocenters. The third-order valence-electron chi connectivity index (χ3n) is 4.40. The van der Waals surface area contributed by atoms with Crippen LogP contribution >= 0.6 is 11.8 Å². The topological polar surface area (TPSA) is 29.9 Å². The van der Waals surface area contributed by atoms with Crippen LogP contribution in [0.25, 0.3) is 11.3 Å². The molecule has 1 N–H and O–H groups in total. The van der Waals surface area contributed by atoms with E-state index in [1.54, 1.807) is 11.8 Å². The van der Waals surface area contributed by atoms with E-state index in [2.05, 4.69) is 84.5 Å². The minimum atomic E-state index is 0.770. The fraction of sp³-hybridized carbons (Fsp3) is 0.250. The van der Waals surface area contributed by atoms with E-state index in [0.717, 1.165) is 18.2 Å². The van der Waals surface area contributed by atoms with Crippen molar-refractivity contribution in [2.75, 3.05) is 11.6 Å². The maximum absolute atomic E-state index is 4.54. The number of benzene rings is 2. The SMILES string of the molecule is CSc1ccc(CNc2ncc(-c3ccc(C)c(C)c3)n2C)cc1. The number of hydrogen-bond acceptors (Lipinski definition) is 3. The van der Waals surface area contributed by atoms with Crippen molar-refractivity contribution in [2.24, 2.45) is 7.05 Å². The highest BCUT2D eigenvalue weighted by Gasteiger charge is 2.09. The van der Waals surface area contributed by atoms with Crippen molar-refractivity contribution in [3.63, 3.8) is 0 Å². The largest absolute Gasteiger partial charge is 0.352 e. The van der Waals surface area contributed by atoms with Crippen molar-refractivity contribution < 1.29 is 0 Å². The molecule has 0 aliphatic rings. The average molecular weight is 337 g/mol. The van der Waals surface area contributed by atoms with E-state index in [1.165, 1.54) is 27.1 Å². The van der Waals surface area contributed by atoms with E-state index in [0.29, 0.717) is 0 Å². The van der Waals surface area contributed by atoms with Gasteiger partial charge >= 0.3 is 0 Å². The molecule has 0 saturated carbocycles. The number of anilines is 1. The van der Waals surface area contributed by atoms with Crippen LogP contribution in [0.3, 0.4) is 0 Å². The second-order valence-electron chi connectivity index (χ2n) is 6.03. The maximum Gasteiger partial charge on any atom is 0.203 e. The second kappa shape index (κ2) is 7.14. The molecule has 24 heavy (non-hydrogen) atoms. The Labute approximate surface area is 148 Å². The van der Waals surface area contributed by atoms with Gasteiger partial charge in [-0.25, -0.2) is 4.98 Å². The number of aryl methyl sites for hydroxylation is 2. The summed E-state index contributed by atoms with van der Waals surface area (Å²) in [7, 11) is 2.05. The predicted molar refractivity (Wildman–Crippen MR) is 104 cm³/mol. The fourth-order valence-corrected chi connectivity index (χ4v) is 3.08. The lowest BCUT2D eigenvalue weighted by atomic mass is 10.0. The number of imidazole rings is 1. The molecule has 0 aliphatic heterocycles. The fourth-order valence-electron chi connectivity index (χ4n) is 2.67. The van der Waals surface area contributed by atoms with Crippen molar-refractivity contribution in [2.45, 2.75) is 25.3 Å². The molecular weight excluding hydrogens is 314 g/mol. The summed E-state index contributed by atoms with van der Waals surface area (Å²) in [6, 6.07) is 15.2. The normalized spacial score (nSPS) is 10.8. The first kappa shape index (κ1) is 16.7. The standard InChI is InChI=1S/C20H23N3S/c1-14-5-8-17(11-15(14)2)19-13-22-20(23(19)3)21-12-16-6-9-18(24-4)10-7-16/h5-11,13H,12H2,1-4H3,(H,21,22). The molecule has 3 rings (SSSR count). The molecule has 3 nitrogen and oxygen atoms in total. The first-order chi connectivity index (χ1) is 11.6. The molecule has 1 heterocycles. The van der Waals surface area contributed by atoms with E-state index >= 15 is 0 Å². The molecule has 0 spiro atoms. The van der Waals surface area contributed by atoms with Crippen molar-refractivity contribution in [3.8, 4) is 11.3 Å². The van der Waals surface area contributed by atoms with Crippen LogP contribution in [0.1, 0.15) is 16.7 Å². The van der Waals surface area contributed by atoms with Crippen molar-refractivity contribution in [3.05, 3.63) is 65.4 Å². The maximum atomic E-state index is 4.54.